The Morgan fingerprint density at radius 3 is 3.05 bits per heavy atom. The first-order chi connectivity index (χ1) is 9.07. The van der Waals surface area contributed by atoms with Gasteiger partial charge in [-0.15, -0.1) is 6.58 Å². The number of hydrogen-bond donors (Lipinski definition) is 1. The number of nitrogens with one attached hydrogen (secondary N) is 1. The minimum absolute atomic E-state index is 0.210. The normalized spacial score (nSPS) is 21.5. The lowest BCUT2D eigenvalue weighted by Gasteiger charge is -2.19. The molecule has 0 saturated carbocycles. The second-order valence-electron chi connectivity index (χ2n) is 4.52. The number of hydrogen-bond acceptors (Lipinski definition) is 3. The van der Waals surface area contributed by atoms with Crippen molar-refractivity contribution in [2.24, 2.45) is 5.16 Å². The van der Waals surface area contributed by atoms with E-state index in [0.29, 0.717) is 23.7 Å². The van der Waals surface area contributed by atoms with E-state index < -0.39 is 5.60 Å². The average molecular weight is 279 g/mol. The largest absolute Gasteiger partial charge is 0.379 e. The number of amides is 1. The number of oxime groups is 1. The summed E-state index contributed by atoms with van der Waals surface area (Å²) in [5.74, 6) is -0.210. The predicted molar refractivity (Wildman–Crippen MR) is 75.3 cm³/mol. The molecule has 0 bridgehead atoms. The third-order valence-corrected chi connectivity index (χ3v) is 3.26. The Labute approximate surface area is 117 Å². The molecule has 1 amide bonds. The van der Waals surface area contributed by atoms with Crippen LogP contribution < -0.4 is 5.32 Å². The molecule has 1 aliphatic heterocycles. The molecule has 1 heterocycles. The summed E-state index contributed by atoms with van der Waals surface area (Å²) in [4.78, 5) is 17.3. The maximum absolute atomic E-state index is 12.0. The number of nitrogens with zero attached hydrogens (tertiary/aromatic N) is 1. The summed E-state index contributed by atoms with van der Waals surface area (Å²) in [6.45, 7) is 5.66. The van der Waals surface area contributed by atoms with Crippen molar-refractivity contribution in [1.82, 2.24) is 5.32 Å². The third kappa shape index (κ3) is 2.79. The van der Waals surface area contributed by atoms with Gasteiger partial charge in [0.15, 0.2) is 0 Å². The molecule has 1 aromatic rings. The number of benzene rings is 1. The maximum atomic E-state index is 12.0. The molecular formula is C14H15ClN2O2. The van der Waals surface area contributed by atoms with Crippen LogP contribution in [0.3, 0.4) is 0 Å². The molecule has 19 heavy (non-hydrogen) atoms. The van der Waals surface area contributed by atoms with Crippen molar-refractivity contribution in [3.05, 3.63) is 47.5 Å². The first-order valence-corrected chi connectivity index (χ1v) is 6.34. The molecule has 0 spiro atoms. The van der Waals surface area contributed by atoms with E-state index in [1.54, 1.807) is 19.1 Å². The number of carbonyl (C=O) groups excluding carboxylic acids is 1. The van der Waals surface area contributed by atoms with Gasteiger partial charge in [-0.3, -0.25) is 4.79 Å². The van der Waals surface area contributed by atoms with Gasteiger partial charge < -0.3 is 10.2 Å². The fourth-order valence-corrected chi connectivity index (χ4v) is 2.10. The Morgan fingerprint density at radius 1 is 1.63 bits per heavy atom. The Hall–Kier alpha value is -1.81. The lowest BCUT2D eigenvalue weighted by molar-refractivity contribution is -0.141. The van der Waals surface area contributed by atoms with Crippen molar-refractivity contribution in [1.29, 1.82) is 0 Å². The summed E-state index contributed by atoms with van der Waals surface area (Å²) in [7, 11) is 0. The molecule has 1 atom stereocenters. The molecular weight excluding hydrogens is 264 g/mol. The van der Waals surface area contributed by atoms with Crippen LogP contribution in [0, 0.1) is 0 Å². The molecule has 100 valence electrons. The minimum Gasteiger partial charge on any atom is -0.379 e. The highest BCUT2D eigenvalue weighted by atomic mass is 35.5. The van der Waals surface area contributed by atoms with Crippen LogP contribution in [0.1, 0.15) is 18.9 Å². The van der Waals surface area contributed by atoms with Gasteiger partial charge >= 0.3 is 0 Å². The van der Waals surface area contributed by atoms with E-state index >= 15 is 0 Å². The van der Waals surface area contributed by atoms with Crippen molar-refractivity contribution in [3.8, 4) is 0 Å². The van der Waals surface area contributed by atoms with Crippen LogP contribution >= 0.6 is 11.6 Å². The highest BCUT2D eigenvalue weighted by molar-refractivity contribution is 6.34. The zero-order chi connectivity index (χ0) is 13.9. The molecule has 5 heteroatoms. The van der Waals surface area contributed by atoms with E-state index in [0.717, 1.165) is 5.56 Å². The monoisotopic (exact) mass is 278 g/mol. The molecule has 4 nitrogen and oxygen atoms in total. The molecule has 2 rings (SSSR count). The van der Waals surface area contributed by atoms with Crippen LogP contribution in [-0.2, 0) is 9.63 Å². The fourth-order valence-electron chi connectivity index (χ4n) is 1.85. The molecule has 1 N–H and O–H groups in total. The van der Waals surface area contributed by atoms with Gasteiger partial charge in [0.05, 0.1) is 5.71 Å². The molecule has 0 saturated heterocycles. The van der Waals surface area contributed by atoms with Crippen LogP contribution in [0.4, 0.5) is 0 Å². The van der Waals surface area contributed by atoms with Crippen LogP contribution in [0.25, 0.3) is 0 Å². The van der Waals surface area contributed by atoms with Gasteiger partial charge in [0.25, 0.3) is 5.91 Å². The predicted octanol–water partition coefficient (Wildman–Crippen LogP) is 2.53. The Morgan fingerprint density at radius 2 is 2.37 bits per heavy atom. The number of halogens is 1. The van der Waals surface area contributed by atoms with Crippen LogP contribution in [0.15, 0.2) is 42.1 Å². The molecule has 0 unspecified atom stereocenters. The van der Waals surface area contributed by atoms with Gasteiger partial charge in [-0.1, -0.05) is 41.0 Å². The SMILES string of the molecule is C=CCNC(=O)[C@]1(C)CC(c2ccccc2Cl)=NO1. The third-order valence-electron chi connectivity index (χ3n) is 2.93. The summed E-state index contributed by atoms with van der Waals surface area (Å²) in [6, 6.07) is 7.36. The van der Waals surface area contributed by atoms with E-state index in [2.05, 4.69) is 17.1 Å². The molecule has 1 aliphatic rings. The number of carbonyl (C=O) groups is 1. The van der Waals surface area contributed by atoms with Crippen LogP contribution in [0.5, 0.6) is 0 Å². The van der Waals surface area contributed by atoms with Gasteiger partial charge in [-0.25, -0.2) is 0 Å². The van der Waals surface area contributed by atoms with E-state index in [1.807, 2.05) is 18.2 Å². The van der Waals surface area contributed by atoms with Crippen LogP contribution in [0.2, 0.25) is 5.02 Å². The maximum Gasteiger partial charge on any atom is 0.267 e. The van der Waals surface area contributed by atoms with Gasteiger partial charge in [0.2, 0.25) is 5.60 Å². The molecule has 0 radical (unpaired) electrons. The van der Waals surface area contributed by atoms with Crippen molar-refractivity contribution >= 4 is 23.2 Å². The molecule has 1 aromatic carbocycles. The second-order valence-corrected chi connectivity index (χ2v) is 4.92. The summed E-state index contributed by atoms with van der Waals surface area (Å²) < 4.78 is 0. The summed E-state index contributed by atoms with van der Waals surface area (Å²) in [5.41, 5.74) is 0.489. The summed E-state index contributed by atoms with van der Waals surface area (Å²) in [5, 5.41) is 7.31. The zero-order valence-corrected chi connectivity index (χ0v) is 11.4. The highest BCUT2D eigenvalue weighted by Crippen LogP contribution is 2.29. The van der Waals surface area contributed by atoms with Crippen molar-refractivity contribution in [2.45, 2.75) is 18.9 Å². The lowest BCUT2D eigenvalue weighted by Crippen LogP contribution is -2.44. The van der Waals surface area contributed by atoms with E-state index in [9.17, 15) is 4.79 Å². The van der Waals surface area contributed by atoms with E-state index in [-0.39, 0.29) is 5.91 Å². The van der Waals surface area contributed by atoms with Crippen molar-refractivity contribution < 1.29 is 9.63 Å². The lowest BCUT2D eigenvalue weighted by atomic mass is 9.95. The quantitative estimate of drug-likeness (QED) is 0.861. The fraction of sp³-hybridized carbons (Fsp3) is 0.286. The summed E-state index contributed by atoms with van der Waals surface area (Å²) >= 11 is 6.11. The first kappa shape index (κ1) is 13.6. The topological polar surface area (TPSA) is 50.7 Å². The molecule has 0 fully saturated rings. The standard InChI is InChI=1S/C14H15ClN2O2/c1-3-8-16-13(18)14(2)9-12(17-19-14)10-6-4-5-7-11(10)15/h3-7H,1,8-9H2,2H3,(H,16,18)/t14-/m0/s1. The van der Waals surface area contributed by atoms with Crippen LogP contribution in [-0.4, -0.2) is 23.8 Å². The van der Waals surface area contributed by atoms with Gasteiger partial charge in [0, 0.05) is 23.6 Å². The Bertz CT molecular complexity index is 542. The first-order valence-electron chi connectivity index (χ1n) is 5.96. The average Bonchev–Trinajstić information content (AvgIpc) is 2.80. The summed E-state index contributed by atoms with van der Waals surface area (Å²) in [6.07, 6.45) is 2.01. The van der Waals surface area contributed by atoms with E-state index in [1.165, 1.54) is 0 Å². The highest BCUT2D eigenvalue weighted by Gasteiger charge is 2.42. The van der Waals surface area contributed by atoms with E-state index in [4.69, 9.17) is 16.4 Å². The smallest absolute Gasteiger partial charge is 0.267 e. The van der Waals surface area contributed by atoms with Crippen molar-refractivity contribution in [3.63, 3.8) is 0 Å². The molecule has 0 aromatic heterocycles. The van der Waals surface area contributed by atoms with Crippen molar-refractivity contribution in [2.75, 3.05) is 6.54 Å². The van der Waals surface area contributed by atoms with Gasteiger partial charge in [0.1, 0.15) is 0 Å². The zero-order valence-electron chi connectivity index (χ0n) is 10.6. The Balaban J connectivity index is 2.12. The second kappa shape index (κ2) is 5.45. The van der Waals surface area contributed by atoms with Gasteiger partial charge in [-0.2, -0.15) is 0 Å². The minimum atomic E-state index is -0.989. The number of rotatable bonds is 4. The molecule has 0 aliphatic carbocycles. The van der Waals surface area contributed by atoms with Gasteiger partial charge in [-0.05, 0) is 13.0 Å². The Kier molecular flexibility index (Phi) is 3.90.